The van der Waals surface area contributed by atoms with E-state index in [9.17, 15) is 4.79 Å². The number of carbonyl (C=O) groups excluding carboxylic acids is 1. The Bertz CT molecular complexity index is 975. The van der Waals surface area contributed by atoms with E-state index in [2.05, 4.69) is 15.5 Å². The molecule has 2 N–H and O–H groups in total. The summed E-state index contributed by atoms with van der Waals surface area (Å²) in [6.07, 6.45) is 2.41. The average Bonchev–Trinajstić information content (AvgIpc) is 3.28. The highest BCUT2D eigenvalue weighted by atomic mass is 35.5. The van der Waals surface area contributed by atoms with Gasteiger partial charge in [-0.25, -0.2) is 4.52 Å². The smallest absolute Gasteiger partial charge is 0.274 e. The fourth-order valence-electron chi connectivity index (χ4n) is 3.86. The molecule has 0 radical (unpaired) electrons. The third-order valence-electron chi connectivity index (χ3n) is 5.23. The number of carbonyl (C=O) groups is 1. The first-order valence-corrected chi connectivity index (χ1v) is 9.98. The molecule has 6 nitrogen and oxygen atoms in total. The van der Waals surface area contributed by atoms with Crippen molar-refractivity contribution in [2.75, 3.05) is 23.3 Å². The van der Waals surface area contributed by atoms with E-state index in [1.54, 1.807) is 16.6 Å². The van der Waals surface area contributed by atoms with Gasteiger partial charge in [0.05, 0.1) is 11.2 Å². The van der Waals surface area contributed by atoms with E-state index < -0.39 is 0 Å². The average molecular weight is 388 g/mol. The molecule has 3 fully saturated rings. The number of aromatic nitrogens is 2. The van der Waals surface area contributed by atoms with Crippen LogP contribution in [-0.4, -0.2) is 40.7 Å². The molecule has 8 heteroatoms. The molecule has 2 unspecified atom stereocenters. The van der Waals surface area contributed by atoms with Gasteiger partial charge in [0.25, 0.3) is 5.91 Å². The summed E-state index contributed by atoms with van der Waals surface area (Å²) in [5.74, 6) is 0.712. The summed E-state index contributed by atoms with van der Waals surface area (Å²) in [5, 5.41) is 13.0. The first kappa shape index (κ1) is 16.1. The second-order valence-corrected chi connectivity index (χ2v) is 8.32. The third-order valence-corrected chi connectivity index (χ3v) is 6.40. The Morgan fingerprint density at radius 1 is 1.27 bits per heavy atom. The highest BCUT2D eigenvalue weighted by molar-refractivity contribution is 7.15. The molecule has 3 saturated heterocycles. The highest BCUT2D eigenvalue weighted by Gasteiger charge is 2.34. The minimum atomic E-state index is -0.211. The minimum absolute atomic E-state index is 0.211. The first-order chi connectivity index (χ1) is 12.7. The molecule has 0 aliphatic carbocycles. The molecule has 3 aliphatic heterocycles. The first-order valence-electron chi connectivity index (χ1n) is 8.72. The molecule has 2 atom stereocenters. The van der Waals surface area contributed by atoms with Gasteiger partial charge >= 0.3 is 0 Å². The Labute approximate surface area is 159 Å². The molecule has 3 aliphatic rings. The van der Waals surface area contributed by atoms with Gasteiger partial charge < -0.3 is 15.5 Å². The second kappa shape index (κ2) is 6.26. The Morgan fingerprint density at radius 3 is 2.85 bits per heavy atom. The zero-order valence-corrected chi connectivity index (χ0v) is 15.6. The van der Waals surface area contributed by atoms with Gasteiger partial charge in [0, 0.05) is 25.2 Å². The molecular formula is C18H18ClN5OS. The van der Waals surface area contributed by atoms with Gasteiger partial charge in [-0.05, 0) is 48.6 Å². The Morgan fingerprint density at radius 2 is 2.15 bits per heavy atom. The van der Waals surface area contributed by atoms with Crippen LogP contribution in [0.2, 0.25) is 4.34 Å². The zero-order chi connectivity index (χ0) is 17.7. The Hall–Kier alpha value is -2.09. The van der Waals surface area contributed by atoms with E-state index in [0.717, 1.165) is 24.4 Å². The largest absolute Gasteiger partial charge is 0.349 e. The van der Waals surface area contributed by atoms with Crippen molar-refractivity contribution in [3.8, 4) is 0 Å². The van der Waals surface area contributed by atoms with Gasteiger partial charge in [-0.2, -0.15) is 0 Å². The van der Waals surface area contributed by atoms with Gasteiger partial charge in [-0.1, -0.05) is 11.6 Å². The van der Waals surface area contributed by atoms with Gasteiger partial charge in [-0.3, -0.25) is 4.79 Å². The molecule has 134 valence electrons. The lowest BCUT2D eigenvalue weighted by Crippen LogP contribution is -2.61. The number of thiophene rings is 1. The fraction of sp³-hybridized carbons (Fsp3) is 0.333. The van der Waals surface area contributed by atoms with Crippen molar-refractivity contribution in [3.63, 3.8) is 0 Å². The highest BCUT2D eigenvalue weighted by Crippen LogP contribution is 2.29. The van der Waals surface area contributed by atoms with Crippen LogP contribution < -0.4 is 15.5 Å². The fourth-order valence-corrected chi connectivity index (χ4v) is 4.69. The number of amides is 1. The number of fused-ring (bicyclic) bond motifs is 4. The number of nitrogens with zero attached hydrogens (tertiary/aromatic N) is 3. The standard InChI is InChI=1S/C18H18ClN5OS/c19-17-14(7-8-26-17)21-18(25)15-5-3-12-4-6-16(22-24(12)15)23-10-11-1-2-13(23)9-20-11/h3-8,11,13,20H,1-2,9-10H2,(H,21,25). The molecule has 6 heterocycles. The zero-order valence-electron chi connectivity index (χ0n) is 14.0. The molecule has 0 saturated carbocycles. The summed E-state index contributed by atoms with van der Waals surface area (Å²) < 4.78 is 2.30. The maximum Gasteiger partial charge on any atom is 0.274 e. The van der Waals surface area contributed by atoms with Crippen molar-refractivity contribution in [2.45, 2.75) is 24.9 Å². The van der Waals surface area contributed by atoms with Crippen LogP contribution in [0.25, 0.3) is 5.52 Å². The van der Waals surface area contributed by atoms with Crippen molar-refractivity contribution in [1.82, 2.24) is 14.9 Å². The lowest BCUT2D eigenvalue weighted by atomic mass is 9.93. The number of nitrogens with one attached hydrogen (secondary N) is 2. The molecular weight excluding hydrogens is 370 g/mol. The van der Waals surface area contributed by atoms with Crippen molar-refractivity contribution < 1.29 is 4.79 Å². The van der Waals surface area contributed by atoms with E-state index in [1.807, 2.05) is 23.6 Å². The third kappa shape index (κ3) is 2.67. The van der Waals surface area contributed by atoms with Gasteiger partial charge in [-0.15, -0.1) is 16.4 Å². The number of hydrogen-bond donors (Lipinski definition) is 2. The molecule has 3 aromatic rings. The van der Waals surface area contributed by atoms with Crippen molar-refractivity contribution in [1.29, 1.82) is 0 Å². The number of anilines is 2. The van der Waals surface area contributed by atoms with Crippen molar-refractivity contribution >= 4 is 45.9 Å². The number of piperazine rings is 1. The van der Waals surface area contributed by atoms with Gasteiger partial charge in [0.1, 0.15) is 15.8 Å². The van der Waals surface area contributed by atoms with Crippen LogP contribution in [0, 0.1) is 0 Å². The number of piperidine rings is 2. The normalized spacial score (nSPS) is 22.1. The van der Waals surface area contributed by atoms with Crippen LogP contribution in [0.5, 0.6) is 0 Å². The topological polar surface area (TPSA) is 61.7 Å². The number of halogens is 1. The van der Waals surface area contributed by atoms with Crippen LogP contribution in [0.15, 0.2) is 35.7 Å². The monoisotopic (exact) mass is 387 g/mol. The van der Waals surface area contributed by atoms with E-state index >= 15 is 0 Å². The summed E-state index contributed by atoms with van der Waals surface area (Å²) >= 11 is 7.49. The number of hydrogen-bond acceptors (Lipinski definition) is 5. The predicted molar refractivity (Wildman–Crippen MR) is 105 cm³/mol. The van der Waals surface area contributed by atoms with Crippen LogP contribution in [0.4, 0.5) is 11.5 Å². The molecule has 0 aromatic carbocycles. The summed E-state index contributed by atoms with van der Waals surface area (Å²) in [7, 11) is 0. The van der Waals surface area contributed by atoms with E-state index in [4.69, 9.17) is 16.7 Å². The quantitative estimate of drug-likeness (QED) is 0.724. The molecule has 1 amide bonds. The SMILES string of the molecule is O=C(Nc1ccsc1Cl)c1ccc2ccc(N3CC4CCC3CN4)nn12. The maximum atomic E-state index is 12.7. The van der Waals surface area contributed by atoms with Gasteiger partial charge in [0.2, 0.25) is 0 Å². The van der Waals surface area contributed by atoms with E-state index in [0.29, 0.717) is 27.8 Å². The van der Waals surface area contributed by atoms with Crippen molar-refractivity contribution in [3.05, 3.63) is 45.7 Å². The van der Waals surface area contributed by atoms with Crippen LogP contribution in [-0.2, 0) is 0 Å². The summed E-state index contributed by atoms with van der Waals surface area (Å²) in [4.78, 5) is 15.1. The minimum Gasteiger partial charge on any atom is -0.349 e. The van der Waals surface area contributed by atoms with E-state index in [-0.39, 0.29) is 5.91 Å². The summed E-state index contributed by atoms with van der Waals surface area (Å²) in [5.41, 5.74) is 2.03. The molecule has 0 spiro atoms. The second-order valence-electron chi connectivity index (χ2n) is 6.80. The molecule has 26 heavy (non-hydrogen) atoms. The van der Waals surface area contributed by atoms with E-state index in [1.165, 1.54) is 24.2 Å². The molecule has 6 rings (SSSR count). The lowest BCUT2D eigenvalue weighted by molar-refractivity contribution is 0.102. The van der Waals surface area contributed by atoms with Crippen LogP contribution in [0.1, 0.15) is 23.3 Å². The Balaban J connectivity index is 1.47. The van der Waals surface area contributed by atoms with Crippen LogP contribution >= 0.6 is 22.9 Å². The van der Waals surface area contributed by atoms with Crippen molar-refractivity contribution in [2.24, 2.45) is 0 Å². The maximum absolute atomic E-state index is 12.7. The lowest BCUT2D eigenvalue weighted by Gasteiger charge is -2.46. The number of rotatable bonds is 3. The summed E-state index contributed by atoms with van der Waals surface area (Å²) in [6.45, 7) is 1.97. The van der Waals surface area contributed by atoms with Gasteiger partial charge in [0.15, 0.2) is 0 Å². The summed E-state index contributed by atoms with van der Waals surface area (Å²) in [6, 6.07) is 10.6. The molecule has 3 aromatic heterocycles. The predicted octanol–water partition coefficient (Wildman–Crippen LogP) is 3.24. The van der Waals surface area contributed by atoms with Crippen LogP contribution in [0.3, 0.4) is 0 Å². The molecule has 2 bridgehead atoms. The Kier molecular flexibility index (Phi) is 3.88.